The molecule has 0 spiro atoms. The fourth-order valence-electron chi connectivity index (χ4n) is 4.72. The zero-order valence-corrected chi connectivity index (χ0v) is 15.9. The number of carbonyl (C=O) groups is 2. The molecule has 0 radical (unpaired) electrons. The molecule has 2 aromatic carbocycles. The quantitative estimate of drug-likeness (QED) is 0.752. The number of hydrogen-bond donors (Lipinski definition) is 3. The minimum absolute atomic E-state index is 0.0256. The van der Waals surface area contributed by atoms with Crippen molar-refractivity contribution in [1.82, 2.24) is 0 Å². The fraction of sp³-hybridized carbons (Fsp3) is 0.391. The third-order valence-corrected chi connectivity index (χ3v) is 6.21. The molecule has 0 aromatic heterocycles. The van der Waals surface area contributed by atoms with Crippen LogP contribution in [0.15, 0.2) is 54.6 Å². The normalized spacial score (nSPS) is 26.3. The molecule has 2 bridgehead atoms. The van der Waals surface area contributed by atoms with Crippen LogP contribution < -0.4 is 16.4 Å². The van der Waals surface area contributed by atoms with Crippen molar-refractivity contribution in [3.63, 3.8) is 0 Å². The van der Waals surface area contributed by atoms with Gasteiger partial charge < -0.3 is 16.4 Å². The van der Waals surface area contributed by atoms with Crippen LogP contribution in [0.1, 0.15) is 42.5 Å². The second-order valence-corrected chi connectivity index (χ2v) is 8.09. The number of nitrogens with two attached hydrogens (primary N) is 1. The molecule has 2 atom stereocenters. The number of fused-ring (bicyclic) bond motifs is 2. The average molecular weight is 377 g/mol. The Morgan fingerprint density at radius 1 is 0.857 bits per heavy atom. The lowest BCUT2D eigenvalue weighted by Gasteiger charge is -2.43. The zero-order chi connectivity index (χ0) is 19.5. The number of nitrogens with one attached hydrogen (secondary N) is 2. The van der Waals surface area contributed by atoms with Gasteiger partial charge in [0.05, 0.1) is 0 Å². The van der Waals surface area contributed by atoms with E-state index < -0.39 is 0 Å². The van der Waals surface area contributed by atoms with Gasteiger partial charge in [-0.1, -0.05) is 30.7 Å². The van der Waals surface area contributed by atoms with E-state index in [-0.39, 0.29) is 23.8 Å². The Labute approximate surface area is 165 Å². The molecule has 2 unspecified atom stereocenters. The summed E-state index contributed by atoms with van der Waals surface area (Å²) < 4.78 is 0. The molecule has 4 N–H and O–H groups in total. The highest BCUT2D eigenvalue weighted by atomic mass is 16.2. The predicted molar refractivity (Wildman–Crippen MR) is 111 cm³/mol. The highest BCUT2D eigenvalue weighted by molar-refractivity contribution is 6.04. The van der Waals surface area contributed by atoms with Gasteiger partial charge in [-0.3, -0.25) is 9.59 Å². The van der Waals surface area contributed by atoms with Crippen molar-refractivity contribution in [2.75, 3.05) is 10.6 Å². The lowest BCUT2D eigenvalue weighted by Crippen LogP contribution is -2.48. The Morgan fingerprint density at radius 3 is 2.18 bits per heavy atom. The first-order valence-corrected chi connectivity index (χ1v) is 10.1. The number of anilines is 2. The molecular weight excluding hydrogens is 350 g/mol. The zero-order valence-electron chi connectivity index (χ0n) is 15.9. The second-order valence-electron chi connectivity index (χ2n) is 8.09. The Kier molecular flexibility index (Phi) is 5.44. The topological polar surface area (TPSA) is 84.2 Å². The van der Waals surface area contributed by atoms with Gasteiger partial charge in [-0.25, -0.2) is 0 Å². The Morgan fingerprint density at radius 2 is 1.50 bits per heavy atom. The summed E-state index contributed by atoms with van der Waals surface area (Å²) in [5, 5.41) is 5.92. The van der Waals surface area contributed by atoms with E-state index in [4.69, 9.17) is 5.73 Å². The molecule has 0 saturated heterocycles. The SMILES string of the molecule is NC1C2CCCC1CC(C(=O)Nc1cccc(NC(=O)c3ccccc3)c1)C2. The van der Waals surface area contributed by atoms with E-state index in [1.807, 2.05) is 36.4 Å². The molecule has 0 aliphatic heterocycles. The highest BCUT2D eigenvalue weighted by Crippen LogP contribution is 2.42. The number of amides is 2. The number of benzene rings is 2. The summed E-state index contributed by atoms with van der Waals surface area (Å²) in [4.78, 5) is 25.1. The second kappa shape index (κ2) is 8.15. The number of rotatable bonds is 4. The van der Waals surface area contributed by atoms with Gasteiger partial charge >= 0.3 is 0 Å². The smallest absolute Gasteiger partial charge is 0.255 e. The molecule has 5 nitrogen and oxygen atoms in total. The minimum atomic E-state index is -0.168. The van der Waals surface area contributed by atoms with E-state index in [1.165, 1.54) is 6.42 Å². The minimum Gasteiger partial charge on any atom is -0.327 e. The largest absolute Gasteiger partial charge is 0.327 e. The maximum absolute atomic E-state index is 12.8. The van der Waals surface area contributed by atoms with Crippen molar-refractivity contribution in [2.24, 2.45) is 23.5 Å². The van der Waals surface area contributed by atoms with E-state index in [0.29, 0.717) is 28.8 Å². The lowest BCUT2D eigenvalue weighted by atomic mass is 9.65. The molecule has 0 heterocycles. The highest BCUT2D eigenvalue weighted by Gasteiger charge is 2.40. The molecule has 2 aliphatic carbocycles. The summed E-state index contributed by atoms with van der Waals surface area (Å²) in [6, 6.07) is 16.6. The Bertz CT molecular complexity index is 838. The van der Waals surface area contributed by atoms with Crippen molar-refractivity contribution in [3.05, 3.63) is 60.2 Å². The maximum Gasteiger partial charge on any atom is 0.255 e. The molecule has 4 rings (SSSR count). The summed E-state index contributed by atoms with van der Waals surface area (Å²) >= 11 is 0. The summed E-state index contributed by atoms with van der Waals surface area (Å²) in [5.41, 5.74) is 8.31. The van der Waals surface area contributed by atoms with Crippen molar-refractivity contribution in [3.8, 4) is 0 Å². The van der Waals surface area contributed by atoms with Crippen LogP contribution >= 0.6 is 0 Å². The molecule has 2 aliphatic rings. The van der Waals surface area contributed by atoms with Crippen LogP contribution in [0, 0.1) is 17.8 Å². The van der Waals surface area contributed by atoms with Gasteiger partial charge in [0.2, 0.25) is 5.91 Å². The molecule has 2 fully saturated rings. The third-order valence-electron chi connectivity index (χ3n) is 6.21. The Balaban J connectivity index is 1.39. The predicted octanol–water partition coefficient (Wildman–Crippen LogP) is 4.03. The standard InChI is InChI=1S/C23H27N3O2/c24-21-16-8-4-9-17(21)13-18(12-16)23(28)26-20-11-5-10-19(14-20)25-22(27)15-6-2-1-3-7-15/h1-3,5-7,10-11,14,16-18,21H,4,8-9,12-13,24H2,(H,25,27)(H,26,28). The molecule has 146 valence electrons. The van der Waals surface area contributed by atoms with Gasteiger partial charge in [0.15, 0.2) is 0 Å². The number of hydrogen-bond acceptors (Lipinski definition) is 3. The molecule has 2 amide bonds. The maximum atomic E-state index is 12.8. The molecule has 28 heavy (non-hydrogen) atoms. The van der Waals surface area contributed by atoms with Crippen LogP contribution in [-0.2, 0) is 4.79 Å². The summed E-state index contributed by atoms with van der Waals surface area (Å²) in [6.07, 6.45) is 5.29. The van der Waals surface area contributed by atoms with Gasteiger partial charge in [-0.2, -0.15) is 0 Å². The summed E-state index contributed by atoms with van der Waals surface area (Å²) in [6.45, 7) is 0. The Hall–Kier alpha value is -2.66. The van der Waals surface area contributed by atoms with Crippen LogP contribution in [0.3, 0.4) is 0 Å². The van der Waals surface area contributed by atoms with Crippen LogP contribution in [0.25, 0.3) is 0 Å². The van der Waals surface area contributed by atoms with Gasteiger partial charge in [0.25, 0.3) is 5.91 Å². The molecule has 5 heteroatoms. The van der Waals surface area contributed by atoms with Crippen molar-refractivity contribution in [1.29, 1.82) is 0 Å². The van der Waals surface area contributed by atoms with E-state index in [9.17, 15) is 9.59 Å². The van der Waals surface area contributed by atoms with Gasteiger partial charge in [-0.05, 0) is 67.9 Å². The summed E-state index contributed by atoms with van der Waals surface area (Å²) in [7, 11) is 0. The average Bonchev–Trinajstić information content (AvgIpc) is 2.68. The molecule has 2 aromatic rings. The fourth-order valence-corrected chi connectivity index (χ4v) is 4.72. The van der Waals surface area contributed by atoms with Gasteiger partial charge in [0, 0.05) is 28.9 Å². The number of carbonyl (C=O) groups excluding carboxylic acids is 2. The van der Waals surface area contributed by atoms with Crippen LogP contribution in [0.5, 0.6) is 0 Å². The third kappa shape index (κ3) is 4.09. The van der Waals surface area contributed by atoms with Crippen LogP contribution in [0.4, 0.5) is 11.4 Å². The van der Waals surface area contributed by atoms with E-state index in [0.717, 1.165) is 25.7 Å². The lowest BCUT2D eigenvalue weighted by molar-refractivity contribution is -0.122. The van der Waals surface area contributed by atoms with Crippen LogP contribution in [0.2, 0.25) is 0 Å². The van der Waals surface area contributed by atoms with E-state index >= 15 is 0 Å². The summed E-state index contributed by atoms with van der Waals surface area (Å²) in [5.74, 6) is 0.866. The first kappa shape index (κ1) is 18.7. The monoisotopic (exact) mass is 377 g/mol. The first-order chi connectivity index (χ1) is 13.6. The van der Waals surface area contributed by atoms with Gasteiger partial charge in [0.1, 0.15) is 0 Å². The van der Waals surface area contributed by atoms with Gasteiger partial charge in [-0.15, -0.1) is 0 Å². The van der Waals surface area contributed by atoms with Crippen LogP contribution in [-0.4, -0.2) is 17.9 Å². The molecular formula is C23H27N3O2. The van der Waals surface area contributed by atoms with E-state index in [2.05, 4.69) is 10.6 Å². The van der Waals surface area contributed by atoms with Crippen molar-refractivity contribution < 1.29 is 9.59 Å². The van der Waals surface area contributed by atoms with Crippen molar-refractivity contribution >= 4 is 23.2 Å². The first-order valence-electron chi connectivity index (χ1n) is 10.1. The van der Waals surface area contributed by atoms with Crippen molar-refractivity contribution in [2.45, 2.75) is 38.1 Å². The molecule has 2 saturated carbocycles. The van der Waals surface area contributed by atoms with E-state index in [1.54, 1.807) is 18.2 Å².